The molecule has 5 heterocycles. The van der Waals surface area contributed by atoms with Crippen LogP contribution in [0.25, 0.3) is 0 Å². The zero-order valence-electron chi connectivity index (χ0n) is 28.1. The first kappa shape index (κ1) is 29.5. The monoisotopic (exact) mass is 660 g/mol. The van der Waals surface area contributed by atoms with E-state index in [-0.39, 0.29) is 18.5 Å². The fraction of sp³-hybridized carbons (Fsp3) is 0.350. The quantitative estimate of drug-likeness (QED) is 0.332. The SMILES string of the molecule is C1=CCC2=NN(C3C=C4CCCCC4=NN3C3C=C4C=CCCC4=NN3C3C=C4CCC=CC4=NN3c3cc4c(nn3)CC=CC4)C=CC2=C1. The van der Waals surface area contributed by atoms with Gasteiger partial charge in [0.1, 0.15) is 0 Å². The first-order valence-corrected chi connectivity index (χ1v) is 18.2. The Labute approximate surface area is 292 Å². The molecule has 1 aromatic heterocycles. The van der Waals surface area contributed by atoms with Gasteiger partial charge in [0, 0.05) is 19.0 Å². The summed E-state index contributed by atoms with van der Waals surface area (Å²) in [6, 6.07) is 2.17. The lowest BCUT2D eigenvalue weighted by Gasteiger charge is -2.49. The summed E-state index contributed by atoms with van der Waals surface area (Å²) in [6.07, 6.45) is 40.8. The molecule has 0 N–H and O–H groups in total. The molecule has 0 saturated heterocycles. The molecule has 3 unspecified atom stereocenters. The third-order valence-electron chi connectivity index (χ3n) is 10.9. The number of hydrazone groups is 4. The van der Waals surface area contributed by atoms with Gasteiger partial charge in [-0.1, -0.05) is 48.6 Å². The molecule has 4 aliphatic heterocycles. The van der Waals surface area contributed by atoms with Crippen molar-refractivity contribution in [1.29, 1.82) is 0 Å². The van der Waals surface area contributed by atoms with Gasteiger partial charge in [0.15, 0.2) is 24.3 Å². The predicted molar refractivity (Wildman–Crippen MR) is 198 cm³/mol. The summed E-state index contributed by atoms with van der Waals surface area (Å²) in [7, 11) is 0. The minimum absolute atomic E-state index is 0.228. The Balaban J connectivity index is 1.10. The Hall–Kier alpha value is -5.38. The molecular weight excluding hydrogens is 621 g/mol. The molecule has 10 rings (SSSR count). The molecule has 250 valence electrons. The van der Waals surface area contributed by atoms with Gasteiger partial charge in [0.05, 0.1) is 28.5 Å². The number of rotatable bonds is 4. The molecule has 1 aromatic rings. The van der Waals surface area contributed by atoms with E-state index < -0.39 is 0 Å². The maximum Gasteiger partial charge on any atom is 0.174 e. The summed E-state index contributed by atoms with van der Waals surface area (Å²) in [5, 5.41) is 39.6. The van der Waals surface area contributed by atoms with Crippen molar-refractivity contribution < 1.29 is 0 Å². The number of hydrogen-bond donors (Lipinski definition) is 0. The van der Waals surface area contributed by atoms with Crippen molar-refractivity contribution in [3.63, 3.8) is 0 Å². The summed E-state index contributed by atoms with van der Waals surface area (Å²) in [4.78, 5) is 0. The van der Waals surface area contributed by atoms with Crippen LogP contribution in [0.5, 0.6) is 0 Å². The van der Waals surface area contributed by atoms with Crippen molar-refractivity contribution in [3.8, 4) is 0 Å². The lowest BCUT2D eigenvalue weighted by molar-refractivity contribution is -0.00518. The molecular formula is C40H40N10. The van der Waals surface area contributed by atoms with E-state index in [1.54, 1.807) is 0 Å². The van der Waals surface area contributed by atoms with E-state index in [9.17, 15) is 0 Å². The Morgan fingerprint density at radius 1 is 0.600 bits per heavy atom. The third-order valence-corrected chi connectivity index (χ3v) is 10.9. The number of aromatic nitrogens is 2. The average Bonchev–Trinajstić information content (AvgIpc) is 3.19. The Kier molecular flexibility index (Phi) is 7.20. The van der Waals surface area contributed by atoms with E-state index in [0.29, 0.717) is 0 Å². The number of fused-ring (bicyclic) bond motifs is 5. The summed E-state index contributed by atoms with van der Waals surface area (Å²) in [5.41, 5.74) is 11.5. The number of allylic oxidation sites excluding steroid dienone is 14. The molecule has 50 heavy (non-hydrogen) atoms. The maximum atomic E-state index is 5.51. The topological polar surface area (TPSA) is 88.2 Å². The van der Waals surface area contributed by atoms with E-state index in [2.05, 4.69) is 106 Å². The second-order valence-electron chi connectivity index (χ2n) is 14.1. The van der Waals surface area contributed by atoms with Crippen LogP contribution in [0, 0.1) is 0 Å². The van der Waals surface area contributed by atoms with Crippen molar-refractivity contribution in [2.75, 3.05) is 5.01 Å². The first-order valence-electron chi connectivity index (χ1n) is 18.2. The van der Waals surface area contributed by atoms with E-state index in [1.807, 2.05) is 5.01 Å². The molecule has 10 heteroatoms. The molecule has 0 amide bonds. The van der Waals surface area contributed by atoms with E-state index in [4.69, 9.17) is 30.6 Å². The zero-order chi connectivity index (χ0) is 33.0. The second-order valence-corrected chi connectivity index (χ2v) is 14.1. The maximum absolute atomic E-state index is 5.51. The third kappa shape index (κ3) is 5.16. The van der Waals surface area contributed by atoms with Gasteiger partial charge in [-0.05, 0) is 122 Å². The van der Waals surface area contributed by atoms with Gasteiger partial charge in [-0.3, -0.25) is 0 Å². The summed E-state index contributed by atoms with van der Waals surface area (Å²) < 4.78 is 0. The summed E-state index contributed by atoms with van der Waals surface area (Å²) >= 11 is 0. The van der Waals surface area contributed by atoms with Crippen LogP contribution in [0.1, 0.15) is 69.0 Å². The van der Waals surface area contributed by atoms with Crippen LogP contribution in [-0.4, -0.2) is 66.6 Å². The van der Waals surface area contributed by atoms with Crippen LogP contribution < -0.4 is 5.01 Å². The Bertz CT molecular complexity index is 2050. The molecule has 0 spiro atoms. The van der Waals surface area contributed by atoms with Gasteiger partial charge in [0.25, 0.3) is 0 Å². The van der Waals surface area contributed by atoms with Crippen molar-refractivity contribution >= 4 is 28.7 Å². The van der Waals surface area contributed by atoms with Gasteiger partial charge in [-0.15, -0.1) is 5.10 Å². The van der Waals surface area contributed by atoms with Gasteiger partial charge in [0.2, 0.25) is 0 Å². The largest absolute Gasteiger partial charge is 0.244 e. The molecule has 9 aliphatic rings. The van der Waals surface area contributed by atoms with Crippen LogP contribution in [-0.2, 0) is 12.8 Å². The number of hydrogen-bond acceptors (Lipinski definition) is 10. The molecule has 5 aliphatic carbocycles. The molecule has 0 bridgehead atoms. The second kappa shape index (κ2) is 12.2. The highest BCUT2D eigenvalue weighted by atomic mass is 15.7. The summed E-state index contributed by atoms with van der Waals surface area (Å²) in [6.45, 7) is 0. The standard InChI is InChI=1S/C40H40N10/c1-7-17-33-27(11-1)21-22-47(43-33)38-24-29-13-3-9-19-35(29)45-49(38)40-26-31-15-5-10-20-36(31)46-50(40)39-25-30-14-4-8-18-34(30)44-48(39)37-23-28-12-2-6-16-32(28)41-42-37/h1-2,5-8,11,15,18,21-26,38-40H,3-4,9-10,12-14,16-17,19-20H2. The first-order chi connectivity index (χ1) is 24.7. The Morgan fingerprint density at radius 3 is 2.46 bits per heavy atom. The van der Waals surface area contributed by atoms with Gasteiger partial charge >= 0.3 is 0 Å². The summed E-state index contributed by atoms with van der Waals surface area (Å²) in [5.74, 6) is 0.731. The van der Waals surface area contributed by atoms with E-state index >= 15 is 0 Å². The van der Waals surface area contributed by atoms with Crippen LogP contribution >= 0.6 is 0 Å². The molecule has 10 nitrogen and oxygen atoms in total. The fourth-order valence-corrected chi connectivity index (χ4v) is 8.19. The Morgan fingerprint density at radius 2 is 1.46 bits per heavy atom. The molecule has 0 aromatic carbocycles. The highest BCUT2D eigenvalue weighted by molar-refractivity contribution is 6.10. The minimum atomic E-state index is -0.341. The highest BCUT2D eigenvalue weighted by Gasteiger charge is 2.43. The number of nitrogens with zero attached hydrogens (tertiary/aromatic N) is 10. The van der Waals surface area contributed by atoms with Crippen LogP contribution in [0.2, 0.25) is 0 Å². The van der Waals surface area contributed by atoms with Crippen molar-refractivity contribution in [2.45, 2.75) is 89.1 Å². The lowest BCUT2D eigenvalue weighted by Crippen LogP contribution is -2.59. The van der Waals surface area contributed by atoms with Crippen molar-refractivity contribution in [2.24, 2.45) is 20.4 Å². The normalized spacial score (nSPS) is 27.7. The molecule has 0 radical (unpaired) electrons. The molecule has 3 atom stereocenters. The van der Waals surface area contributed by atoms with E-state index in [1.165, 1.54) is 34.4 Å². The number of anilines is 1. The fourth-order valence-electron chi connectivity index (χ4n) is 8.19. The van der Waals surface area contributed by atoms with Crippen LogP contribution in [0.3, 0.4) is 0 Å². The zero-order valence-corrected chi connectivity index (χ0v) is 28.1. The molecule has 1 saturated carbocycles. The van der Waals surface area contributed by atoms with Crippen LogP contribution in [0.15, 0.2) is 134 Å². The smallest absolute Gasteiger partial charge is 0.174 e. The highest BCUT2D eigenvalue weighted by Crippen LogP contribution is 2.38. The van der Waals surface area contributed by atoms with Crippen molar-refractivity contribution in [1.82, 2.24) is 25.2 Å². The minimum Gasteiger partial charge on any atom is -0.244 e. The lowest BCUT2D eigenvalue weighted by atomic mass is 9.91. The van der Waals surface area contributed by atoms with Gasteiger partial charge in [-0.25, -0.2) is 20.0 Å². The molecule has 1 fully saturated rings. The van der Waals surface area contributed by atoms with Crippen molar-refractivity contribution in [3.05, 3.63) is 125 Å². The van der Waals surface area contributed by atoms with E-state index in [0.717, 1.165) is 98.4 Å². The van der Waals surface area contributed by atoms with Gasteiger partial charge < -0.3 is 0 Å². The van der Waals surface area contributed by atoms with Gasteiger partial charge in [-0.2, -0.15) is 25.5 Å². The van der Waals surface area contributed by atoms with Crippen LogP contribution in [0.4, 0.5) is 5.82 Å². The predicted octanol–water partition coefficient (Wildman–Crippen LogP) is 6.75. The average molecular weight is 661 g/mol.